The summed E-state index contributed by atoms with van der Waals surface area (Å²) in [5, 5.41) is 9.07. The Morgan fingerprint density at radius 3 is 2.47 bits per heavy atom. The van der Waals surface area contributed by atoms with E-state index >= 15 is 0 Å². The van der Waals surface area contributed by atoms with Crippen molar-refractivity contribution in [3.8, 4) is 6.07 Å². The van der Waals surface area contributed by atoms with Gasteiger partial charge in [0.25, 0.3) is 0 Å². The Balaban J connectivity index is 2.25. The Hall–Kier alpha value is -0.710. The monoisotopic (exact) mass is 242 g/mol. The highest BCUT2D eigenvalue weighted by Gasteiger charge is 2.59. The molecule has 0 aromatic carbocycles. The van der Waals surface area contributed by atoms with Gasteiger partial charge in [0.2, 0.25) is 0 Å². The highest BCUT2D eigenvalue weighted by atomic mass is 16.8. The molecule has 0 radical (unpaired) electrons. The molecule has 0 spiro atoms. The van der Waals surface area contributed by atoms with E-state index in [0.29, 0.717) is 0 Å². The highest BCUT2D eigenvalue weighted by molar-refractivity contribution is 5.14. The normalized spacial score (nSPS) is 42.8. The van der Waals surface area contributed by atoms with Crippen LogP contribution in [0.4, 0.5) is 0 Å². The van der Waals surface area contributed by atoms with Gasteiger partial charge in [-0.05, 0) is 20.8 Å². The molecule has 2 aliphatic heterocycles. The Morgan fingerprint density at radius 2 is 1.94 bits per heavy atom. The summed E-state index contributed by atoms with van der Waals surface area (Å²) in [4.78, 5) is 0. The van der Waals surface area contributed by atoms with E-state index in [1.54, 1.807) is 6.92 Å². The van der Waals surface area contributed by atoms with Gasteiger partial charge in [-0.2, -0.15) is 5.26 Å². The van der Waals surface area contributed by atoms with Gasteiger partial charge in [-0.25, -0.2) is 0 Å². The van der Waals surface area contributed by atoms with E-state index in [0.717, 1.165) is 0 Å². The lowest BCUT2D eigenvalue weighted by molar-refractivity contribution is -0.231. The van der Waals surface area contributed by atoms with Crippen molar-refractivity contribution in [1.29, 1.82) is 5.26 Å². The first-order chi connectivity index (χ1) is 7.80. The minimum absolute atomic E-state index is 0.351. The molecule has 5 atom stereocenters. The first kappa shape index (κ1) is 12.7. The van der Waals surface area contributed by atoms with Gasteiger partial charge in [0.1, 0.15) is 23.9 Å². The molecule has 6 heteroatoms. The van der Waals surface area contributed by atoms with E-state index < -0.39 is 23.7 Å². The molecule has 0 aromatic rings. The van der Waals surface area contributed by atoms with Crippen LogP contribution in [0.25, 0.3) is 0 Å². The first-order valence-corrected chi connectivity index (χ1v) is 5.55. The largest absolute Gasteiger partial charge is 0.353 e. The third-order valence-electron chi connectivity index (χ3n) is 3.08. The van der Waals surface area contributed by atoms with Crippen LogP contribution in [0.15, 0.2) is 0 Å². The van der Waals surface area contributed by atoms with Crippen molar-refractivity contribution in [2.45, 2.75) is 56.7 Å². The summed E-state index contributed by atoms with van der Waals surface area (Å²) in [6.45, 7) is 5.24. The van der Waals surface area contributed by atoms with E-state index in [1.807, 2.05) is 19.9 Å². The zero-order valence-electron chi connectivity index (χ0n) is 10.5. The fourth-order valence-electron chi connectivity index (χ4n) is 2.30. The van der Waals surface area contributed by atoms with Crippen molar-refractivity contribution in [1.82, 2.24) is 0 Å². The Kier molecular flexibility index (Phi) is 2.92. The molecule has 0 bridgehead atoms. The molecule has 0 saturated carbocycles. The summed E-state index contributed by atoms with van der Waals surface area (Å²) in [6.07, 6.45) is -1.85. The van der Waals surface area contributed by atoms with Crippen LogP contribution in [0.3, 0.4) is 0 Å². The summed E-state index contributed by atoms with van der Waals surface area (Å²) in [7, 11) is 1.53. The van der Waals surface area contributed by atoms with Gasteiger partial charge < -0.3 is 24.7 Å². The van der Waals surface area contributed by atoms with Gasteiger partial charge in [-0.3, -0.25) is 0 Å². The molecule has 17 heavy (non-hydrogen) atoms. The van der Waals surface area contributed by atoms with Gasteiger partial charge in [0.15, 0.2) is 12.1 Å². The van der Waals surface area contributed by atoms with E-state index in [1.165, 1.54) is 7.11 Å². The molecule has 0 unspecified atom stereocenters. The third-order valence-corrected chi connectivity index (χ3v) is 3.08. The van der Waals surface area contributed by atoms with Crippen LogP contribution in [0, 0.1) is 11.3 Å². The zero-order chi connectivity index (χ0) is 12.8. The molecule has 6 nitrogen and oxygen atoms in total. The van der Waals surface area contributed by atoms with Crippen LogP contribution in [0.2, 0.25) is 0 Å². The molecule has 2 saturated heterocycles. The molecule has 2 fully saturated rings. The number of rotatable bonds is 2. The number of hydrogen-bond acceptors (Lipinski definition) is 6. The SMILES string of the molecule is CO[C@H]1O[C@H]([C@@](C)(N)C#N)[C@@H]2OC(C)(C)O[C@H]12. The Labute approximate surface area is 101 Å². The number of fused-ring (bicyclic) bond motifs is 1. The molecule has 2 N–H and O–H groups in total. The molecule has 2 aliphatic rings. The number of methoxy groups -OCH3 is 1. The summed E-state index contributed by atoms with van der Waals surface area (Å²) in [5.41, 5.74) is 4.77. The summed E-state index contributed by atoms with van der Waals surface area (Å²) >= 11 is 0. The number of nitrogens with zero attached hydrogens (tertiary/aromatic N) is 1. The van der Waals surface area contributed by atoms with Crippen molar-refractivity contribution < 1.29 is 18.9 Å². The fourth-order valence-corrected chi connectivity index (χ4v) is 2.30. The maximum atomic E-state index is 9.07. The van der Waals surface area contributed by atoms with Gasteiger partial charge in [-0.1, -0.05) is 0 Å². The third kappa shape index (κ3) is 2.05. The smallest absolute Gasteiger partial charge is 0.186 e. The molecule has 0 aromatic heterocycles. The van der Waals surface area contributed by atoms with E-state index in [9.17, 15) is 0 Å². The van der Waals surface area contributed by atoms with Gasteiger partial charge >= 0.3 is 0 Å². The summed E-state index contributed by atoms with van der Waals surface area (Å²) < 4.78 is 22.3. The molecule has 2 rings (SSSR count). The van der Waals surface area contributed by atoms with Crippen LogP contribution in [-0.2, 0) is 18.9 Å². The Bertz CT molecular complexity index is 350. The molecule has 2 heterocycles. The van der Waals surface area contributed by atoms with Gasteiger partial charge in [-0.15, -0.1) is 0 Å². The maximum absolute atomic E-state index is 9.07. The average Bonchev–Trinajstić information content (AvgIpc) is 2.70. The van der Waals surface area contributed by atoms with E-state index in [4.69, 9.17) is 29.9 Å². The second kappa shape index (κ2) is 3.90. The van der Waals surface area contributed by atoms with Crippen LogP contribution < -0.4 is 5.73 Å². The van der Waals surface area contributed by atoms with Crippen molar-refractivity contribution in [3.63, 3.8) is 0 Å². The Morgan fingerprint density at radius 1 is 1.35 bits per heavy atom. The van der Waals surface area contributed by atoms with Crippen LogP contribution in [-0.4, -0.2) is 43.0 Å². The lowest BCUT2D eigenvalue weighted by Gasteiger charge is -2.29. The number of nitrogens with two attached hydrogens (primary N) is 1. The summed E-state index contributed by atoms with van der Waals surface area (Å²) in [5.74, 6) is -0.709. The summed E-state index contributed by atoms with van der Waals surface area (Å²) in [6, 6.07) is 2.03. The molecular weight excluding hydrogens is 224 g/mol. The predicted molar refractivity (Wildman–Crippen MR) is 57.7 cm³/mol. The minimum Gasteiger partial charge on any atom is -0.353 e. The van der Waals surface area contributed by atoms with Gasteiger partial charge in [0, 0.05) is 7.11 Å². The molecule has 0 aliphatic carbocycles. The fraction of sp³-hybridized carbons (Fsp3) is 0.909. The van der Waals surface area contributed by atoms with Crippen molar-refractivity contribution in [2.24, 2.45) is 5.73 Å². The van der Waals surface area contributed by atoms with Crippen LogP contribution in [0.5, 0.6) is 0 Å². The van der Waals surface area contributed by atoms with E-state index in [-0.39, 0.29) is 12.2 Å². The standard InChI is InChI=1S/C11H18N2O4/c1-10(2)16-6-7(17-10)9(14-4)15-8(6)11(3,13)5-12/h6-9H,13H2,1-4H3/t6-,7+,8+,9+,11+/m1/s1. The lowest BCUT2D eigenvalue weighted by Crippen LogP contribution is -2.52. The lowest BCUT2D eigenvalue weighted by atomic mass is 9.93. The minimum atomic E-state index is -1.14. The molecular formula is C11H18N2O4. The van der Waals surface area contributed by atoms with Crippen molar-refractivity contribution >= 4 is 0 Å². The topological polar surface area (TPSA) is 86.7 Å². The van der Waals surface area contributed by atoms with E-state index in [2.05, 4.69) is 0 Å². The second-order valence-electron chi connectivity index (χ2n) is 5.12. The second-order valence-corrected chi connectivity index (χ2v) is 5.12. The number of hydrogen-bond donors (Lipinski definition) is 1. The first-order valence-electron chi connectivity index (χ1n) is 5.55. The molecule has 96 valence electrons. The zero-order valence-corrected chi connectivity index (χ0v) is 10.5. The number of ether oxygens (including phenoxy) is 4. The number of nitriles is 1. The average molecular weight is 242 g/mol. The van der Waals surface area contributed by atoms with Crippen molar-refractivity contribution in [2.75, 3.05) is 7.11 Å². The van der Waals surface area contributed by atoms with Crippen LogP contribution >= 0.6 is 0 Å². The maximum Gasteiger partial charge on any atom is 0.186 e. The van der Waals surface area contributed by atoms with Crippen LogP contribution in [0.1, 0.15) is 20.8 Å². The van der Waals surface area contributed by atoms with Gasteiger partial charge in [0.05, 0.1) is 6.07 Å². The van der Waals surface area contributed by atoms with Crippen molar-refractivity contribution in [3.05, 3.63) is 0 Å². The predicted octanol–water partition coefficient (Wildman–Crippen LogP) is 0.119. The quantitative estimate of drug-likeness (QED) is 0.740. The molecule has 0 amide bonds. The highest BCUT2D eigenvalue weighted by Crippen LogP contribution is 2.41.